The molecule has 0 saturated heterocycles. The molecule has 7 aromatic rings. The van der Waals surface area contributed by atoms with Crippen LogP contribution in [0, 0.1) is 11.3 Å². The third kappa shape index (κ3) is 7.98. The number of benzene rings is 5. The van der Waals surface area contributed by atoms with Gasteiger partial charge in [0, 0.05) is 43.4 Å². The molecule has 1 aliphatic rings. The zero-order valence-corrected chi connectivity index (χ0v) is 35.3. The normalized spacial score (nSPS) is 12.9. The van der Waals surface area contributed by atoms with Crippen LogP contribution < -0.4 is 4.90 Å². The summed E-state index contributed by atoms with van der Waals surface area (Å²) in [4.78, 5) is 16.4. The molecule has 8 rings (SSSR count). The van der Waals surface area contributed by atoms with Gasteiger partial charge in [-0.1, -0.05) is 144 Å². The number of carboxylic acids is 1. The van der Waals surface area contributed by atoms with E-state index in [2.05, 4.69) is 116 Å². The molecule has 8 heteroatoms. The molecule has 2 heterocycles. The first-order valence-corrected chi connectivity index (χ1v) is 22.4. The van der Waals surface area contributed by atoms with Crippen molar-refractivity contribution in [2.75, 3.05) is 4.90 Å². The average Bonchev–Trinajstić information content (AvgIpc) is 4.00. The highest BCUT2D eigenvalue weighted by molar-refractivity contribution is 7.19. The lowest BCUT2D eigenvalue weighted by Crippen LogP contribution is -2.25. The van der Waals surface area contributed by atoms with Crippen molar-refractivity contribution >= 4 is 63.2 Å². The fourth-order valence-corrected chi connectivity index (χ4v) is 10.7. The van der Waals surface area contributed by atoms with E-state index in [9.17, 15) is 15.2 Å². The van der Waals surface area contributed by atoms with Gasteiger partial charge in [0.1, 0.15) is 22.7 Å². The van der Waals surface area contributed by atoms with Crippen molar-refractivity contribution in [3.63, 3.8) is 0 Å². The Labute approximate surface area is 355 Å². The summed E-state index contributed by atoms with van der Waals surface area (Å²) in [5.41, 5.74) is 12.8. The molecule has 2 aromatic heterocycles. The van der Waals surface area contributed by atoms with Gasteiger partial charge in [0.25, 0.3) is 0 Å². The van der Waals surface area contributed by atoms with Crippen molar-refractivity contribution < 1.29 is 9.90 Å². The van der Waals surface area contributed by atoms with Gasteiger partial charge < -0.3 is 10.0 Å². The topological polar surface area (TPSA) is 90.1 Å². The van der Waals surface area contributed by atoms with Gasteiger partial charge in [0.2, 0.25) is 0 Å². The zero-order chi connectivity index (χ0) is 40.8. The highest BCUT2D eigenvalue weighted by Crippen LogP contribution is 2.59. The number of anilines is 3. The number of aromatic nitrogens is 2. The minimum absolute atomic E-state index is 0.0996. The van der Waals surface area contributed by atoms with Crippen LogP contribution in [0.4, 0.5) is 17.1 Å². The van der Waals surface area contributed by atoms with Crippen LogP contribution in [0.5, 0.6) is 0 Å². The number of carboxylic acid groups (broad SMARTS) is 1. The quantitative estimate of drug-likeness (QED) is 0.0559. The summed E-state index contributed by atoms with van der Waals surface area (Å²) in [6.07, 6.45) is 13.4. The highest BCUT2D eigenvalue weighted by atomic mass is 32.1. The van der Waals surface area contributed by atoms with Crippen molar-refractivity contribution in [2.45, 2.75) is 83.5 Å². The molecule has 0 aliphatic heterocycles. The molecule has 0 unspecified atom stereocenters. The Morgan fingerprint density at radius 2 is 1.29 bits per heavy atom. The maximum absolute atomic E-state index is 11.4. The lowest BCUT2D eigenvalue weighted by molar-refractivity contribution is -0.132. The Morgan fingerprint density at radius 3 is 1.88 bits per heavy atom. The van der Waals surface area contributed by atoms with Gasteiger partial charge in [0.05, 0.1) is 11.7 Å². The van der Waals surface area contributed by atoms with Crippen molar-refractivity contribution in [1.29, 1.82) is 5.26 Å². The first-order valence-electron chi connectivity index (χ1n) is 20.9. The largest absolute Gasteiger partial charge is 0.477 e. The van der Waals surface area contributed by atoms with Crippen molar-refractivity contribution in [3.05, 3.63) is 144 Å². The zero-order valence-electron chi connectivity index (χ0n) is 33.7. The third-order valence-corrected chi connectivity index (χ3v) is 13.5. The molecule has 0 saturated carbocycles. The van der Waals surface area contributed by atoms with Gasteiger partial charge in [-0.15, -0.1) is 11.3 Å². The van der Waals surface area contributed by atoms with Gasteiger partial charge in [0.15, 0.2) is 0 Å². The summed E-state index contributed by atoms with van der Waals surface area (Å²) in [6, 6.07) is 44.8. The molecular weight excluding hydrogens is 765 g/mol. The minimum atomic E-state index is -1.24. The second kappa shape index (κ2) is 17.9. The first kappa shape index (κ1) is 39.9. The number of nitrogens with zero attached hydrogens (tertiary/aromatic N) is 4. The number of para-hydroxylation sites is 2. The smallest absolute Gasteiger partial charge is 0.346 e. The van der Waals surface area contributed by atoms with E-state index in [1.807, 2.05) is 35.6 Å². The molecule has 5 aromatic carbocycles. The molecule has 0 bridgehead atoms. The number of unbranched alkanes of at least 4 members (excludes halogenated alkanes) is 6. The molecule has 1 N–H and O–H groups in total. The predicted molar refractivity (Wildman–Crippen MR) is 246 cm³/mol. The van der Waals surface area contributed by atoms with E-state index in [1.54, 1.807) is 6.07 Å². The highest BCUT2D eigenvalue weighted by Gasteiger charge is 2.44. The Kier molecular flexibility index (Phi) is 12.1. The van der Waals surface area contributed by atoms with Crippen LogP contribution in [0.25, 0.3) is 49.1 Å². The van der Waals surface area contributed by atoms with E-state index in [0.29, 0.717) is 5.56 Å². The van der Waals surface area contributed by atoms with Crippen LogP contribution in [0.3, 0.4) is 0 Å². The molecule has 0 fully saturated rings. The maximum Gasteiger partial charge on any atom is 0.346 e. The Balaban J connectivity index is 1.24. The molecule has 59 heavy (non-hydrogen) atoms. The molecule has 6 nitrogen and oxygen atoms in total. The summed E-state index contributed by atoms with van der Waals surface area (Å²) >= 11 is 3.12. The van der Waals surface area contributed by atoms with E-state index in [0.717, 1.165) is 51.9 Å². The minimum Gasteiger partial charge on any atom is -0.477 e. The fourth-order valence-electron chi connectivity index (χ4n) is 8.83. The van der Waals surface area contributed by atoms with E-state index < -0.39 is 5.97 Å². The summed E-state index contributed by atoms with van der Waals surface area (Å²) in [6.45, 7) is 4.59. The molecule has 0 radical (unpaired) electrons. The lowest BCUT2D eigenvalue weighted by atomic mass is 9.70. The van der Waals surface area contributed by atoms with E-state index in [4.69, 9.17) is 8.75 Å². The van der Waals surface area contributed by atoms with Crippen molar-refractivity contribution in [1.82, 2.24) is 8.75 Å². The molecule has 0 atom stereocenters. The second-order valence-corrected chi connectivity index (χ2v) is 17.1. The van der Waals surface area contributed by atoms with Gasteiger partial charge >= 0.3 is 5.97 Å². The molecule has 296 valence electrons. The molecular formula is C51H48N4O2S2. The SMILES string of the molecule is CCCCCCC1(CCCCCC)c2cc(N(c3ccccc3)c3ccccc3)ccc2-c2sc(-c3ccc(-c4ccc(/C=C(/C#N)C(=O)O)cc4)c4nsnc34)cc21. The summed E-state index contributed by atoms with van der Waals surface area (Å²) in [5.74, 6) is -1.24. The van der Waals surface area contributed by atoms with E-state index >= 15 is 0 Å². The monoisotopic (exact) mass is 812 g/mol. The summed E-state index contributed by atoms with van der Waals surface area (Å²) in [5, 5.41) is 18.5. The number of carbonyl (C=O) groups is 1. The number of rotatable bonds is 17. The van der Waals surface area contributed by atoms with Crippen molar-refractivity contribution in [2.24, 2.45) is 0 Å². The summed E-state index contributed by atoms with van der Waals surface area (Å²) < 4.78 is 9.69. The summed E-state index contributed by atoms with van der Waals surface area (Å²) in [7, 11) is 0. The number of nitriles is 1. The Morgan fingerprint density at radius 1 is 0.695 bits per heavy atom. The van der Waals surface area contributed by atoms with Crippen LogP contribution in [0.15, 0.2) is 127 Å². The van der Waals surface area contributed by atoms with Gasteiger partial charge in [-0.3, -0.25) is 0 Å². The third-order valence-electron chi connectivity index (χ3n) is 11.8. The van der Waals surface area contributed by atoms with Gasteiger partial charge in [-0.2, -0.15) is 14.0 Å². The molecule has 1 aliphatic carbocycles. The maximum atomic E-state index is 11.4. The fraction of sp³-hybridized carbons (Fsp3) is 0.255. The molecule has 0 amide bonds. The van der Waals surface area contributed by atoms with Crippen molar-refractivity contribution in [3.8, 4) is 38.1 Å². The number of hydrogen-bond donors (Lipinski definition) is 1. The van der Waals surface area contributed by atoms with E-state index in [-0.39, 0.29) is 11.0 Å². The predicted octanol–water partition coefficient (Wildman–Crippen LogP) is 14.8. The number of fused-ring (bicyclic) bond motifs is 4. The Bertz CT molecular complexity index is 2590. The van der Waals surface area contributed by atoms with Crippen LogP contribution >= 0.6 is 23.1 Å². The second-order valence-electron chi connectivity index (χ2n) is 15.5. The van der Waals surface area contributed by atoms with Crippen LogP contribution in [0.1, 0.15) is 94.7 Å². The van der Waals surface area contributed by atoms with Gasteiger partial charge in [-0.05, 0) is 89.2 Å². The van der Waals surface area contributed by atoms with Crippen LogP contribution in [0.2, 0.25) is 0 Å². The lowest BCUT2D eigenvalue weighted by Gasteiger charge is -2.34. The molecule has 0 spiro atoms. The van der Waals surface area contributed by atoms with E-state index in [1.165, 1.54) is 101 Å². The standard InChI is InChI=1S/C51H48N4O2S2/c1-3-5-7-15-29-51(30-16-8-6-4-2)44-32-40(55(38-17-11-9-12-18-38)39-19-13-10-14-20-39)25-26-42(44)49-45(51)33-46(58-49)43-28-27-41(47-48(43)54-59-53-47)36-23-21-35(22-24-36)31-37(34-52)50(56)57/h9-14,17-28,31-33H,3-8,15-16,29-30H2,1-2H3,(H,56,57)/b37-31-. The number of thiophene rings is 1. The van der Waals surface area contributed by atoms with Crippen LogP contribution in [-0.2, 0) is 10.2 Å². The number of aliphatic carboxylic acids is 1. The van der Waals surface area contributed by atoms with Gasteiger partial charge in [-0.25, -0.2) is 4.79 Å². The average molecular weight is 813 g/mol. The first-order chi connectivity index (χ1) is 29.0. The number of hydrogen-bond acceptors (Lipinski definition) is 7. The van der Waals surface area contributed by atoms with Crippen LogP contribution in [-0.4, -0.2) is 19.8 Å². The Hall–Kier alpha value is -5.88.